The molecule has 0 spiro atoms. The Kier molecular flexibility index (Phi) is 7.57. The fourth-order valence-electron chi connectivity index (χ4n) is 1.15. The Morgan fingerprint density at radius 3 is 2.38 bits per heavy atom. The van der Waals surface area contributed by atoms with Crippen molar-refractivity contribution in [3.8, 4) is 5.75 Å². The van der Waals surface area contributed by atoms with Gasteiger partial charge in [0, 0.05) is 5.75 Å². The molecule has 16 heavy (non-hydrogen) atoms. The Hall–Kier alpha value is -0.430. The van der Waals surface area contributed by atoms with Gasteiger partial charge in [0.2, 0.25) is 0 Å². The maximum Gasteiger partial charge on any atom is 1.00 e. The fourth-order valence-corrected chi connectivity index (χ4v) is 1.15. The van der Waals surface area contributed by atoms with Crippen LogP contribution in [0.5, 0.6) is 5.75 Å². The first kappa shape index (κ1) is 15.6. The third kappa shape index (κ3) is 5.07. The van der Waals surface area contributed by atoms with Crippen molar-refractivity contribution in [2.75, 3.05) is 0 Å². The molecule has 0 aromatic heterocycles. The molecule has 1 atom stereocenters. The number of benzene rings is 2. The molecule has 0 saturated heterocycles. The third-order valence-electron chi connectivity index (χ3n) is 1.70. The molecule has 2 aromatic carbocycles. The first-order chi connectivity index (χ1) is 7.11. The molecule has 2 aromatic rings. The van der Waals surface area contributed by atoms with Crippen LogP contribution < -0.4 is 29.6 Å². The van der Waals surface area contributed by atoms with Crippen LogP contribution in [0.2, 0.25) is 0 Å². The molecule has 0 saturated carbocycles. The largest absolute Gasteiger partial charge is 1.00 e. The van der Waals surface area contributed by atoms with E-state index in [1.807, 2.05) is 30.3 Å². The standard InChI is InChI=1S/C10H7O.Na.H2O3S/c11-10-7-3-5-8-4-1-2-6-9(8)10;;1-4(2)3/h1-6,11H;;(H2,1,2,3)/q-1;+1;/p-1. The van der Waals surface area contributed by atoms with E-state index in [9.17, 15) is 5.11 Å². The molecule has 2 rings (SSSR count). The molecule has 0 amide bonds. The topological polar surface area (TPSA) is 80.6 Å². The molecule has 0 fully saturated rings. The smallest absolute Gasteiger partial charge is 0.750 e. The van der Waals surface area contributed by atoms with Crippen molar-refractivity contribution in [3.05, 3.63) is 42.5 Å². The minimum Gasteiger partial charge on any atom is -0.750 e. The molecule has 0 aliphatic heterocycles. The van der Waals surface area contributed by atoms with Crippen LogP contribution in [0, 0.1) is 6.07 Å². The fraction of sp³-hybridized carbons (Fsp3) is 0. The van der Waals surface area contributed by atoms with E-state index in [0.717, 1.165) is 10.8 Å². The van der Waals surface area contributed by atoms with Gasteiger partial charge in [-0.25, -0.2) is 4.21 Å². The summed E-state index contributed by atoms with van der Waals surface area (Å²) in [6, 6.07) is 14.1. The quantitative estimate of drug-likeness (QED) is 0.344. The molecular formula is C10H8NaO4S-. The average Bonchev–Trinajstić information content (AvgIpc) is 2.18. The predicted molar refractivity (Wildman–Crippen MR) is 56.0 cm³/mol. The Bertz CT molecular complexity index is 466. The molecule has 0 radical (unpaired) electrons. The van der Waals surface area contributed by atoms with Crippen molar-refractivity contribution in [2.45, 2.75) is 0 Å². The second kappa shape index (κ2) is 7.78. The van der Waals surface area contributed by atoms with Crippen molar-refractivity contribution < 1.29 is 48.0 Å². The number of rotatable bonds is 0. The van der Waals surface area contributed by atoms with Crippen LogP contribution >= 0.6 is 0 Å². The van der Waals surface area contributed by atoms with Gasteiger partial charge < -0.3 is 14.2 Å². The Balaban J connectivity index is 0.000000397. The van der Waals surface area contributed by atoms with Crippen LogP contribution in [-0.4, -0.2) is 18.4 Å². The van der Waals surface area contributed by atoms with Crippen LogP contribution in [0.3, 0.4) is 0 Å². The van der Waals surface area contributed by atoms with Crippen molar-refractivity contribution in [1.29, 1.82) is 0 Å². The molecule has 6 heteroatoms. The summed E-state index contributed by atoms with van der Waals surface area (Å²) >= 11 is -2.86. The normalized spacial score (nSPS) is 10.9. The van der Waals surface area contributed by atoms with E-state index in [1.165, 1.54) is 0 Å². The van der Waals surface area contributed by atoms with Gasteiger partial charge in [0.05, 0.1) is 11.4 Å². The molecule has 0 aliphatic rings. The summed E-state index contributed by atoms with van der Waals surface area (Å²) in [5.74, 6) is 0.225. The summed E-state index contributed by atoms with van der Waals surface area (Å²) < 4.78 is 24.1. The van der Waals surface area contributed by atoms with Crippen LogP contribution in [0.4, 0.5) is 0 Å². The van der Waals surface area contributed by atoms with Crippen LogP contribution in [-0.2, 0) is 11.4 Å². The van der Waals surface area contributed by atoms with E-state index >= 15 is 0 Å². The zero-order valence-electron chi connectivity index (χ0n) is 8.58. The second-order valence-electron chi connectivity index (χ2n) is 2.63. The number of phenols is 1. The first-order valence-electron chi connectivity index (χ1n) is 3.98. The Labute approximate surface area is 118 Å². The number of fused-ring (bicyclic) bond motifs is 1. The molecule has 1 unspecified atom stereocenters. The number of aromatic hydroxyl groups is 1. The van der Waals surface area contributed by atoms with Gasteiger partial charge in [-0.15, -0.1) is 17.5 Å². The van der Waals surface area contributed by atoms with E-state index in [4.69, 9.17) is 13.3 Å². The Morgan fingerprint density at radius 2 is 1.81 bits per heavy atom. The SMILES string of the molecule is O=S([O-])O.Oc1[c-]ccc2ccccc12.[Na+]. The molecular weight excluding hydrogens is 239 g/mol. The maximum absolute atomic E-state index is 9.32. The van der Waals surface area contributed by atoms with Gasteiger partial charge in [0.25, 0.3) is 0 Å². The van der Waals surface area contributed by atoms with Gasteiger partial charge in [0.15, 0.2) is 0 Å². The molecule has 0 heterocycles. The van der Waals surface area contributed by atoms with Crippen molar-refractivity contribution >= 4 is 22.1 Å². The van der Waals surface area contributed by atoms with E-state index in [-0.39, 0.29) is 35.3 Å². The second-order valence-corrected chi connectivity index (χ2v) is 3.06. The van der Waals surface area contributed by atoms with E-state index in [2.05, 4.69) is 6.07 Å². The first-order valence-corrected chi connectivity index (χ1v) is 5.01. The van der Waals surface area contributed by atoms with E-state index in [0.29, 0.717) is 0 Å². The summed E-state index contributed by atoms with van der Waals surface area (Å²) in [7, 11) is 0. The molecule has 4 nitrogen and oxygen atoms in total. The van der Waals surface area contributed by atoms with Crippen molar-refractivity contribution in [2.24, 2.45) is 0 Å². The Morgan fingerprint density at radius 1 is 1.25 bits per heavy atom. The summed E-state index contributed by atoms with van der Waals surface area (Å²) in [4.78, 5) is 0. The number of hydrogen-bond acceptors (Lipinski definition) is 3. The van der Waals surface area contributed by atoms with Gasteiger partial charge in [0.1, 0.15) is 0 Å². The average molecular weight is 247 g/mol. The molecule has 2 N–H and O–H groups in total. The van der Waals surface area contributed by atoms with E-state index < -0.39 is 11.4 Å². The molecule has 80 valence electrons. The monoisotopic (exact) mass is 247 g/mol. The minimum absolute atomic E-state index is 0. The summed E-state index contributed by atoms with van der Waals surface area (Å²) in [6.07, 6.45) is 0. The van der Waals surface area contributed by atoms with Gasteiger partial charge in [-0.05, 0) is 0 Å². The van der Waals surface area contributed by atoms with Gasteiger partial charge >= 0.3 is 29.6 Å². The van der Waals surface area contributed by atoms with Gasteiger partial charge in [-0.2, -0.15) is 12.1 Å². The number of hydrogen-bond donors (Lipinski definition) is 2. The molecule has 0 aliphatic carbocycles. The van der Waals surface area contributed by atoms with Crippen LogP contribution in [0.25, 0.3) is 10.8 Å². The van der Waals surface area contributed by atoms with Crippen LogP contribution in [0.15, 0.2) is 36.4 Å². The van der Waals surface area contributed by atoms with Gasteiger partial charge in [-0.3, -0.25) is 0 Å². The van der Waals surface area contributed by atoms with Crippen LogP contribution in [0.1, 0.15) is 0 Å². The molecule has 0 bridgehead atoms. The zero-order valence-corrected chi connectivity index (χ0v) is 11.4. The third-order valence-corrected chi connectivity index (χ3v) is 1.70. The summed E-state index contributed by atoms with van der Waals surface area (Å²) in [5.41, 5.74) is 0. The van der Waals surface area contributed by atoms with Gasteiger partial charge in [-0.1, -0.05) is 23.6 Å². The predicted octanol–water partition coefficient (Wildman–Crippen LogP) is -1.31. The zero-order chi connectivity index (χ0) is 11.3. The maximum atomic E-state index is 9.32. The van der Waals surface area contributed by atoms with E-state index in [1.54, 1.807) is 6.07 Å². The number of phenolic OH excluding ortho intramolecular Hbond substituents is 1. The summed E-state index contributed by atoms with van der Waals surface area (Å²) in [6.45, 7) is 0. The van der Waals surface area contributed by atoms with Crippen molar-refractivity contribution in [3.63, 3.8) is 0 Å². The minimum atomic E-state index is -2.86. The summed E-state index contributed by atoms with van der Waals surface area (Å²) in [5, 5.41) is 11.2. The van der Waals surface area contributed by atoms with Crippen molar-refractivity contribution in [1.82, 2.24) is 0 Å².